The molecule has 0 amide bonds. The summed E-state index contributed by atoms with van der Waals surface area (Å²) >= 11 is 3.34. The van der Waals surface area contributed by atoms with Crippen molar-refractivity contribution in [2.24, 2.45) is 0 Å². The molecule has 0 atom stereocenters. The van der Waals surface area contributed by atoms with Crippen LogP contribution in [0.4, 0.5) is 0 Å². The molecule has 2 aromatic rings. The highest BCUT2D eigenvalue weighted by Gasteiger charge is 2.09. The molecule has 0 fully saturated rings. The Hall–Kier alpha value is -1.49. The molecule has 1 aromatic heterocycles. The molecule has 0 bridgehead atoms. The average molecular weight is 270 g/mol. The Morgan fingerprint density at radius 3 is 2.87 bits per heavy atom. The van der Waals surface area contributed by atoms with Crippen LogP contribution in [-0.2, 0) is 11.3 Å². The zero-order valence-corrected chi connectivity index (χ0v) is 9.23. The van der Waals surface area contributed by atoms with Gasteiger partial charge in [-0.25, -0.2) is 0 Å². The topological polar surface area (TPSA) is 62.5 Å². The van der Waals surface area contributed by atoms with Crippen molar-refractivity contribution in [1.82, 2.24) is 4.57 Å². The first-order valence-corrected chi connectivity index (χ1v) is 5.06. The van der Waals surface area contributed by atoms with Gasteiger partial charge in [-0.05, 0) is 28.1 Å². The zero-order valence-electron chi connectivity index (χ0n) is 7.64. The standard InChI is InChI=1S/C10H8BrNO3/c11-8-4-12(5-10(14)15)9-3-6(13)1-2-7(8)9/h1-4,13H,5H2,(H,14,15). The van der Waals surface area contributed by atoms with Crippen molar-refractivity contribution in [3.8, 4) is 5.75 Å². The van der Waals surface area contributed by atoms with Gasteiger partial charge in [-0.15, -0.1) is 0 Å². The fraction of sp³-hybridized carbons (Fsp3) is 0.100. The average Bonchev–Trinajstić information content (AvgIpc) is 2.42. The van der Waals surface area contributed by atoms with E-state index in [-0.39, 0.29) is 12.3 Å². The quantitative estimate of drug-likeness (QED) is 0.879. The number of carboxylic acids is 1. The van der Waals surface area contributed by atoms with E-state index in [2.05, 4.69) is 15.9 Å². The van der Waals surface area contributed by atoms with E-state index < -0.39 is 5.97 Å². The Kier molecular flexibility index (Phi) is 2.40. The van der Waals surface area contributed by atoms with Gasteiger partial charge in [-0.2, -0.15) is 0 Å². The number of rotatable bonds is 2. The number of halogens is 1. The van der Waals surface area contributed by atoms with Gasteiger partial charge in [0.25, 0.3) is 0 Å². The molecule has 2 rings (SSSR count). The third-order valence-corrected chi connectivity index (χ3v) is 2.75. The predicted molar refractivity (Wildman–Crippen MR) is 58.9 cm³/mol. The molecule has 1 heterocycles. The first-order valence-electron chi connectivity index (χ1n) is 4.27. The number of carbonyl (C=O) groups is 1. The second-order valence-electron chi connectivity index (χ2n) is 3.20. The zero-order chi connectivity index (χ0) is 11.0. The molecule has 0 aliphatic rings. The van der Waals surface area contributed by atoms with Gasteiger partial charge in [-0.1, -0.05) is 0 Å². The number of hydrogen-bond acceptors (Lipinski definition) is 2. The van der Waals surface area contributed by atoms with Crippen LogP contribution in [0.25, 0.3) is 10.9 Å². The van der Waals surface area contributed by atoms with Gasteiger partial charge in [0.15, 0.2) is 0 Å². The monoisotopic (exact) mass is 269 g/mol. The Morgan fingerprint density at radius 2 is 2.20 bits per heavy atom. The molecular formula is C10H8BrNO3. The Bertz CT molecular complexity index is 533. The summed E-state index contributed by atoms with van der Waals surface area (Å²) in [5, 5.41) is 18.9. The molecular weight excluding hydrogens is 262 g/mol. The van der Waals surface area contributed by atoms with E-state index in [1.807, 2.05) is 0 Å². The molecule has 0 unspecified atom stereocenters. The summed E-state index contributed by atoms with van der Waals surface area (Å²) in [4.78, 5) is 10.6. The van der Waals surface area contributed by atoms with E-state index in [4.69, 9.17) is 5.11 Å². The summed E-state index contributed by atoms with van der Waals surface area (Å²) in [7, 11) is 0. The van der Waals surface area contributed by atoms with Gasteiger partial charge in [0.2, 0.25) is 0 Å². The van der Waals surface area contributed by atoms with E-state index >= 15 is 0 Å². The minimum Gasteiger partial charge on any atom is -0.508 e. The number of carboxylic acid groups (broad SMARTS) is 1. The van der Waals surface area contributed by atoms with Crippen molar-refractivity contribution >= 4 is 32.8 Å². The largest absolute Gasteiger partial charge is 0.508 e. The molecule has 2 N–H and O–H groups in total. The van der Waals surface area contributed by atoms with Crippen LogP contribution in [0.3, 0.4) is 0 Å². The summed E-state index contributed by atoms with van der Waals surface area (Å²) in [5.74, 6) is -0.789. The Labute approximate surface area is 93.9 Å². The molecule has 0 aliphatic heterocycles. The van der Waals surface area contributed by atoms with E-state index in [0.29, 0.717) is 5.52 Å². The van der Waals surface area contributed by atoms with Crippen LogP contribution in [0.2, 0.25) is 0 Å². The van der Waals surface area contributed by atoms with Crippen LogP contribution in [-0.4, -0.2) is 20.7 Å². The third-order valence-electron chi connectivity index (χ3n) is 2.12. The van der Waals surface area contributed by atoms with Crippen LogP contribution in [0.15, 0.2) is 28.9 Å². The van der Waals surface area contributed by atoms with Crippen molar-refractivity contribution in [1.29, 1.82) is 0 Å². The third kappa shape index (κ3) is 1.83. The van der Waals surface area contributed by atoms with E-state index in [1.165, 1.54) is 0 Å². The number of aromatic hydroxyl groups is 1. The summed E-state index contributed by atoms with van der Waals surface area (Å²) in [6, 6.07) is 4.86. The minimum absolute atomic E-state index is 0.119. The number of nitrogens with zero attached hydrogens (tertiary/aromatic N) is 1. The maximum Gasteiger partial charge on any atom is 0.323 e. The van der Waals surface area contributed by atoms with Crippen LogP contribution >= 0.6 is 15.9 Å². The lowest BCUT2D eigenvalue weighted by Gasteiger charge is -2.00. The normalized spacial score (nSPS) is 10.7. The summed E-state index contributed by atoms with van der Waals surface area (Å²) in [6.45, 7) is -0.119. The highest BCUT2D eigenvalue weighted by molar-refractivity contribution is 9.10. The lowest BCUT2D eigenvalue weighted by atomic mass is 10.2. The summed E-state index contributed by atoms with van der Waals surface area (Å²) in [6.07, 6.45) is 1.69. The second kappa shape index (κ2) is 3.58. The second-order valence-corrected chi connectivity index (χ2v) is 4.05. The number of hydrogen-bond donors (Lipinski definition) is 2. The van der Waals surface area contributed by atoms with E-state index in [0.717, 1.165) is 9.86 Å². The number of phenolic OH excluding ortho intramolecular Hbond substituents is 1. The van der Waals surface area contributed by atoms with Gasteiger partial charge in [-0.3, -0.25) is 4.79 Å². The van der Waals surface area contributed by atoms with Crippen molar-refractivity contribution in [2.75, 3.05) is 0 Å². The lowest BCUT2D eigenvalue weighted by Crippen LogP contribution is -2.07. The van der Waals surface area contributed by atoms with Crippen LogP contribution in [0.5, 0.6) is 5.75 Å². The maximum atomic E-state index is 10.6. The molecule has 0 saturated carbocycles. The van der Waals surface area contributed by atoms with Crippen molar-refractivity contribution < 1.29 is 15.0 Å². The SMILES string of the molecule is O=C(O)Cn1cc(Br)c2ccc(O)cc21. The smallest absolute Gasteiger partial charge is 0.323 e. The molecule has 0 aliphatic carbocycles. The van der Waals surface area contributed by atoms with Gasteiger partial charge in [0, 0.05) is 22.1 Å². The fourth-order valence-corrected chi connectivity index (χ4v) is 2.09. The van der Waals surface area contributed by atoms with Gasteiger partial charge >= 0.3 is 5.97 Å². The first-order chi connectivity index (χ1) is 7.08. The predicted octanol–water partition coefficient (Wildman–Crippen LogP) is 2.19. The van der Waals surface area contributed by atoms with E-state index in [9.17, 15) is 9.90 Å². The Morgan fingerprint density at radius 1 is 1.47 bits per heavy atom. The number of phenols is 1. The van der Waals surface area contributed by atoms with Gasteiger partial charge < -0.3 is 14.8 Å². The fourth-order valence-electron chi connectivity index (χ4n) is 1.51. The molecule has 1 aromatic carbocycles. The first kappa shape index (κ1) is 10.0. The van der Waals surface area contributed by atoms with Crippen molar-refractivity contribution in [2.45, 2.75) is 6.54 Å². The van der Waals surface area contributed by atoms with Crippen LogP contribution in [0, 0.1) is 0 Å². The molecule has 15 heavy (non-hydrogen) atoms. The van der Waals surface area contributed by atoms with Crippen LogP contribution < -0.4 is 0 Å². The van der Waals surface area contributed by atoms with Gasteiger partial charge in [0.05, 0.1) is 5.52 Å². The maximum absolute atomic E-state index is 10.6. The van der Waals surface area contributed by atoms with E-state index in [1.54, 1.807) is 29.0 Å². The molecule has 4 nitrogen and oxygen atoms in total. The Balaban J connectivity index is 2.64. The summed E-state index contributed by atoms with van der Waals surface area (Å²) in [5.41, 5.74) is 0.698. The number of aromatic nitrogens is 1. The highest BCUT2D eigenvalue weighted by atomic mass is 79.9. The van der Waals surface area contributed by atoms with Crippen molar-refractivity contribution in [3.63, 3.8) is 0 Å². The molecule has 0 radical (unpaired) electrons. The molecule has 5 heteroatoms. The minimum atomic E-state index is -0.914. The number of fused-ring (bicyclic) bond motifs is 1. The summed E-state index contributed by atoms with van der Waals surface area (Å²) < 4.78 is 2.39. The molecule has 0 spiro atoms. The number of aliphatic carboxylic acids is 1. The molecule has 78 valence electrons. The van der Waals surface area contributed by atoms with Crippen molar-refractivity contribution in [3.05, 3.63) is 28.9 Å². The highest BCUT2D eigenvalue weighted by Crippen LogP contribution is 2.28. The van der Waals surface area contributed by atoms with Crippen LogP contribution in [0.1, 0.15) is 0 Å². The number of benzene rings is 1. The van der Waals surface area contributed by atoms with Gasteiger partial charge in [0.1, 0.15) is 12.3 Å². The lowest BCUT2D eigenvalue weighted by molar-refractivity contribution is -0.137. The molecule has 0 saturated heterocycles.